The van der Waals surface area contributed by atoms with Gasteiger partial charge in [-0.05, 0) is 44.0 Å². The van der Waals surface area contributed by atoms with Crippen LogP contribution in [-0.4, -0.2) is 32.8 Å². The number of hydrogen-bond donors (Lipinski definition) is 1. The molecule has 0 saturated heterocycles. The molecule has 5 rings (SSSR count). The van der Waals surface area contributed by atoms with Gasteiger partial charge < -0.3 is 10.1 Å². The number of ether oxygens (including phenoxy) is 1. The highest BCUT2D eigenvalue weighted by Crippen LogP contribution is 2.37. The molecule has 1 saturated carbocycles. The van der Waals surface area contributed by atoms with E-state index in [-0.39, 0.29) is 17.6 Å². The van der Waals surface area contributed by atoms with Crippen LogP contribution in [0.5, 0.6) is 5.75 Å². The van der Waals surface area contributed by atoms with Crippen LogP contribution in [0.2, 0.25) is 0 Å². The molecule has 1 fully saturated rings. The molecule has 0 aliphatic heterocycles. The van der Waals surface area contributed by atoms with E-state index in [0.29, 0.717) is 39.4 Å². The number of carbonyl (C=O) groups is 1. The lowest BCUT2D eigenvalue weighted by Gasteiger charge is -2.14. The lowest BCUT2D eigenvalue weighted by molar-refractivity contribution is -0.117. The largest absolute Gasteiger partial charge is 0.494 e. The summed E-state index contributed by atoms with van der Waals surface area (Å²) < 4.78 is 21.5. The number of methoxy groups -OCH3 is 1. The Morgan fingerprint density at radius 2 is 2.00 bits per heavy atom. The average Bonchev–Trinajstić information content (AvgIpc) is 3.55. The third kappa shape index (κ3) is 3.50. The third-order valence-electron chi connectivity index (χ3n) is 5.32. The molecule has 7 nitrogen and oxygen atoms in total. The Kier molecular flexibility index (Phi) is 4.62. The molecule has 1 N–H and O–H groups in total. The van der Waals surface area contributed by atoms with Crippen molar-refractivity contribution >= 4 is 22.5 Å². The van der Waals surface area contributed by atoms with Gasteiger partial charge in [-0.1, -0.05) is 12.1 Å². The zero-order valence-electron chi connectivity index (χ0n) is 17.1. The molecule has 1 amide bonds. The average molecular weight is 417 g/mol. The molecular weight excluding hydrogens is 397 g/mol. The summed E-state index contributed by atoms with van der Waals surface area (Å²) in [7, 11) is 1.55. The number of aromatic nitrogens is 4. The Labute approximate surface area is 177 Å². The highest BCUT2D eigenvalue weighted by molar-refractivity contribution is 6.01. The summed E-state index contributed by atoms with van der Waals surface area (Å²) in [6.07, 6.45) is 3.25. The van der Waals surface area contributed by atoms with Gasteiger partial charge in [0.1, 0.15) is 29.3 Å². The second kappa shape index (κ2) is 7.46. The van der Waals surface area contributed by atoms with Crippen LogP contribution in [-0.2, 0) is 4.79 Å². The molecule has 0 atom stereocenters. The van der Waals surface area contributed by atoms with E-state index in [1.807, 2.05) is 13.0 Å². The summed E-state index contributed by atoms with van der Waals surface area (Å²) in [5.74, 6) is 0.162. The molecule has 1 aliphatic carbocycles. The number of amides is 1. The monoisotopic (exact) mass is 417 g/mol. The van der Waals surface area contributed by atoms with Gasteiger partial charge in [0.25, 0.3) is 0 Å². The van der Waals surface area contributed by atoms with Gasteiger partial charge in [0.15, 0.2) is 0 Å². The standard InChI is InChI=1S/C23H20FN5O2/c1-13-9-20(29(28-13)19-6-4-3-5-16(19)24)22-15-10-18(27-23(30)14-7-8-14)21(31-2)11-17(15)25-12-26-22/h3-6,9-12,14H,7-8H2,1-2H3,(H,27,30). The van der Waals surface area contributed by atoms with E-state index in [2.05, 4.69) is 20.4 Å². The number of nitrogens with one attached hydrogen (secondary N) is 1. The molecule has 8 heteroatoms. The van der Waals surface area contributed by atoms with E-state index in [1.165, 1.54) is 12.4 Å². The van der Waals surface area contributed by atoms with E-state index in [9.17, 15) is 9.18 Å². The van der Waals surface area contributed by atoms with Gasteiger partial charge in [-0.25, -0.2) is 19.0 Å². The smallest absolute Gasteiger partial charge is 0.227 e. The number of hydrogen-bond acceptors (Lipinski definition) is 5. The van der Waals surface area contributed by atoms with Gasteiger partial charge in [-0.3, -0.25) is 4.79 Å². The molecule has 2 heterocycles. The fraction of sp³-hybridized carbons (Fsp3) is 0.217. The van der Waals surface area contributed by atoms with Crippen LogP contribution in [0.25, 0.3) is 28.0 Å². The Morgan fingerprint density at radius 1 is 1.19 bits per heavy atom. The predicted octanol–water partition coefficient (Wildman–Crippen LogP) is 4.29. The number of halogens is 1. The SMILES string of the molecule is COc1cc2ncnc(-c3cc(C)nn3-c3ccccc3F)c2cc1NC(=O)C1CC1. The normalized spacial score (nSPS) is 13.4. The Balaban J connectivity index is 1.69. The maximum absolute atomic E-state index is 14.5. The van der Waals surface area contributed by atoms with Crippen LogP contribution in [0.15, 0.2) is 48.8 Å². The second-order valence-electron chi connectivity index (χ2n) is 7.59. The van der Waals surface area contributed by atoms with Crippen LogP contribution in [0.4, 0.5) is 10.1 Å². The molecule has 156 valence electrons. The zero-order chi connectivity index (χ0) is 21.5. The van der Waals surface area contributed by atoms with E-state index < -0.39 is 0 Å². The molecule has 2 aromatic heterocycles. The minimum atomic E-state index is -0.385. The predicted molar refractivity (Wildman–Crippen MR) is 115 cm³/mol. The van der Waals surface area contributed by atoms with Crippen molar-refractivity contribution in [3.63, 3.8) is 0 Å². The first-order valence-corrected chi connectivity index (χ1v) is 10.0. The van der Waals surface area contributed by atoms with Crippen LogP contribution in [0, 0.1) is 18.7 Å². The van der Waals surface area contributed by atoms with Gasteiger partial charge in [0.05, 0.1) is 29.7 Å². The number of fused-ring (bicyclic) bond motifs is 1. The molecule has 1 aliphatic rings. The molecule has 2 aromatic carbocycles. The minimum Gasteiger partial charge on any atom is -0.494 e. The van der Waals surface area contributed by atoms with Crippen LogP contribution < -0.4 is 10.1 Å². The Bertz CT molecular complexity index is 1310. The summed E-state index contributed by atoms with van der Waals surface area (Å²) in [5.41, 5.74) is 3.45. The maximum Gasteiger partial charge on any atom is 0.227 e. The van der Waals surface area contributed by atoms with Gasteiger partial charge in [0, 0.05) is 17.4 Å². The molecule has 31 heavy (non-hydrogen) atoms. The number of aryl methyl sites for hydroxylation is 1. The first-order valence-electron chi connectivity index (χ1n) is 10.0. The minimum absolute atomic E-state index is 0.0247. The van der Waals surface area contributed by atoms with E-state index >= 15 is 0 Å². The van der Waals surface area contributed by atoms with Gasteiger partial charge >= 0.3 is 0 Å². The highest BCUT2D eigenvalue weighted by Gasteiger charge is 2.30. The van der Waals surface area contributed by atoms with Crippen LogP contribution >= 0.6 is 0 Å². The number of rotatable bonds is 5. The quantitative estimate of drug-likeness (QED) is 0.524. The van der Waals surface area contributed by atoms with Crippen molar-refractivity contribution in [1.82, 2.24) is 19.7 Å². The number of benzene rings is 2. The molecule has 0 bridgehead atoms. The number of anilines is 1. The summed E-state index contributed by atoms with van der Waals surface area (Å²) >= 11 is 0. The molecule has 0 spiro atoms. The van der Waals surface area contributed by atoms with Crippen molar-refractivity contribution in [2.45, 2.75) is 19.8 Å². The van der Waals surface area contributed by atoms with Crippen molar-refractivity contribution in [3.05, 3.63) is 60.3 Å². The van der Waals surface area contributed by atoms with Crippen molar-refractivity contribution in [1.29, 1.82) is 0 Å². The molecule has 4 aromatic rings. The zero-order valence-corrected chi connectivity index (χ0v) is 17.1. The summed E-state index contributed by atoms with van der Waals surface area (Å²) in [6.45, 7) is 1.84. The lowest BCUT2D eigenvalue weighted by Crippen LogP contribution is -2.14. The van der Waals surface area contributed by atoms with Crippen molar-refractivity contribution in [3.8, 4) is 22.8 Å². The molecule has 0 radical (unpaired) electrons. The lowest BCUT2D eigenvalue weighted by atomic mass is 10.1. The number of para-hydroxylation sites is 1. The van der Waals surface area contributed by atoms with Gasteiger partial charge in [0.2, 0.25) is 5.91 Å². The van der Waals surface area contributed by atoms with Gasteiger partial charge in [-0.2, -0.15) is 5.10 Å². The number of carbonyl (C=O) groups excluding carboxylic acids is 1. The summed E-state index contributed by atoms with van der Waals surface area (Å²) in [6, 6.07) is 11.9. The second-order valence-corrected chi connectivity index (χ2v) is 7.59. The van der Waals surface area contributed by atoms with E-state index in [4.69, 9.17) is 4.74 Å². The Hall–Kier alpha value is -3.81. The number of nitrogens with zero attached hydrogens (tertiary/aromatic N) is 4. The third-order valence-corrected chi connectivity index (χ3v) is 5.32. The fourth-order valence-electron chi connectivity index (χ4n) is 3.61. The maximum atomic E-state index is 14.5. The fourth-order valence-corrected chi connectivity index (χ4v) is 3.61. The van der Waals surface area contributed by atoms with Crippen LogP contribution in [0.1, 0.15) is 18.5 Å². The van der Waals surface area contributed by atoms with E-state index in [0.717, 1.165) is 18.5 Å². The topological polar surface area (TPSA) is 81.9 Å². The van der Waals surface area contributed by atoms with Crippen molar-refractivity contribution in [2.75, 3.05) is 12.4 Å². The molecular formula is C23H20FN5O2. The first kappa shape index (κ1) is 19.2. The Morgan fingerprint density at radius 3 is 2.74 bits per heavy atom. The van der Waals surface area contributed by atoms with Crippen molar-refractivity contribution in [2.24, 2.45) is 5.92 Å². The van der Waals surface area contributed by atoms with Crippen LogP contribution in [0.3, 0.4) is 0 Å². The molecule has 0 unspecified atom stereocenters. The van der Waals surface area contributed by atoms with Crippen molar-refractivity contribution < 1.29 is 13.9 Å². The van der Waals surface area contributed by atoms with E-state index in [1.54, 1.807) is 42.1 Å². The summed E-state index contributed by atoms with van der Waals surface area (Å²) in [4.78, 5) is 21.2. The highest BCUT2D eigenvalue weighted by atomic mass is 19.1. The summed E-state index contributed by atoms with van der Waals surface area (Å²) in [5, 5.41) is 8.14. The first-order chi connectivity index (χ1) is 15.0. The van der Waals surface area contributed by atoms with Gasteiger partial charge in [-0.15, -0.1) is 0 Å².